The number of aliphatic hydroxyl groups is 1. The zero-order chi connectivity index (χ0) is 43.4. The Morgan fingerprint density at radius 1 is 0.712 bits per heavy atom. The van der Waals surface area contributed by atoms with Gasteiger partial charge in [-0.05, 0) is 76.3 Å². The van der Waals surface area contributed by atoms with E-state index < -0.39 is 38.6 Å². The van der Waals surface area contributed by atoms with Gasteiger partial charge in [-0.3, -0.25) is 18.6 Å². The number of allylic oxidation sites excluding steroid dienone is 4. The number of unbranched alkanes of at least 4 members (excludes halogenated alkanes) is 16. The SMILES string of the molecule is CC/C=C/CC(O)/C=C/C=C/CCCCCCCC(=O)OC[C@H](COP(=O)(O)OCCN)OC(=O)CCCCCCCCCCCCc1oc(CCCCC)c(C)c1C. The quantitative estimate of drug-likeness (QED) is 0.0189. The van der Waals surface area contributed by atoms with Crippen LogP contribution in [-0.4, -0.2) is 60.5 Å². The molecule has 0 radical (unpaired) electrons. The number of aryl methyl sites for hydroxylation is 2. The molecule has 0 spiro atoms. The average molecular weight is 852 g/mol. The second-order valence-corrected chi connectivity index (χ2v) is 17.1. The van der Waals surface area contributed by atoms with Gasteiger partial charge < -0.3 is 29.6 Å². The molecule has 1 rings (SSSR count). The summed E-state index contributed by atoms with van der Waals surface area (Å²) in [5.74, 6) is 1.46. The molecule has 12 heteroatoms. The Morgan fingerprint density at radius 3 is 1.86 bits per heavy atom. The molecule has 0 aromatic carbocycles. The largest absolute Gasteiger partial charge is 0.472 e. The Morgan fingerprint density at radius 2 is 1.27 bits per heavy atom. The van der Waals surface area contributed by atoms with E-state index >= 15 is 0 Å². The summed E-state index contributed by atoms with van der Waals surface area (Å²) in [4.78, 5) is 35.0. The molecule has 340 valence electrons. The van der Waals surface area contributed by atoms with Crippen molar-refractivity contribution >= 4 is 19.8 Å². The fourth-order valence-electron chi connectivity index (χ4n) is 6.61. The average Bonchev–Trinajstić information content (AvgIpc) is 3.48. The predicted molar refractivity (Wildman–Crippen MR) is 238 cm³/mol. The van der Waals surface area contributed by atoms with E-state index in [-0.39, 0.29) is 32.6 Å². The number of phosphoric acid groups is 1. The minimum absolute atomic E-state index is 0.0364. The molecule has 3 atom stereocenters. The first kappa shape index (κ1) is 54.5. The van der Waals surface area contributed by atoms with Crippen LogP contribution in [-0.2, 0) is 45.5 Å². The van der Waals surface area contributed by atoms with Crippen molar-refractivity contribution in [2.75, 3.05) is 26.4 Å². The minimum atomic E-state index is -4.41. The molecule has 0 aliphatic carbocycles. The standard InChI is InChI=1S/C47H82NO10P/c1-5-7-24-30-42(49)31-26-20-16-12-11-15-18-22-28-34-46(50)54-38-43(39-56-59(52,53)55-37-36-48)57-47(51)35-29-23-19-14-10-9-13-17-21-27-33-45-41(4)40(3)44(58-45)32-25-8-6-2/h7,16,20,24,26,31,42-43,49H,5-6,8-15,17-19,21-23,25,27-30,32-39,48H2,1-4H3,(H,52,53)/b20-16+,24-7+,31-26+/t42?,43-/m1/s1. The molecule has 0 amide bonds. The number of esters is 2. The van der Waals surface area contributed by atoms with Crippen LogP contribution >= 0.6 is 7.82 Å². The van der Waals surface area contributed by atoms with Crippen LogP contribution in [0.4, 0.5) is 0 Å². The van der Waals surface area contributed by atoms with E-state index in [4.69, 9.17) is 28.7 Å². The van der Waals surface area contributed by atoms with E-state index in [2.05, 4.69) is 33.8 Å². The molecule has 1 aromatic rings. The van der Waals surface area contributed by atoms with E-state index in [0.29, 0.717) is 19.3 Å². The van der Waals surface area contributed by atoms with Crippen molar-refractivity contribution in [3.8, 4) is 0 Å². The lowest BCUT2D eigenvalue weighted by Gasteiger charge is -2.19. The number of hydrogen-bond acceptors (Lipinski definition) is 10. The van der Waals surface area contributed by atoms with Gasteiger partial charge in [0.15, 0.2) is 6.10 Å². The number of hydrogen-bond donors (Lipinski definition) is 3. The van der Waals surface area contributed by atoms with Crippen LogP contribution < -0.4 is 5.73 Å². The third kappa shape index (κ3) is 30.2. The molecule has 1 heterocycles. The van der Waals surface area contributed by atoms with Crippen molar-refractivity contribution in [2.45, 2.75) is 200 Å². The van der Waals surface area contributed by atoms with Gasteiger partial charge in [-0.25, -0.2) is 4.57 Å². The van der Waals surface area contributed by atoms with Gasteiger partial charge in [0.05, 0.1) is 19.3 Å². The van der Waals surface area contributed by atoms with Crippen molar-refractivity contribution in [3.05, 3.63) is 59.1 Å². The van der Waals surface area contributed by atoms with Crippen molar-refractivity contribution in [3.63, 3.8) is 0 Å². The number of carbonyl (C=O) groups excluding carboxylic acids is 2. The number of ether oxygens (including phenoxy) is 2. The van der Waals surface area contributed by atoms with Gasteiger partial charge in [0.1, 0.15) is 18.1 Å². The third-order valence-electron chi connectivity index (χ3n) is 10.3. The number of nitrogens with two attached hydrogens (primary N) is 1. The van der Waals surface area contributed by atoms with Gasteiger partial charge in [-0.2, -0.15) is 0 Å². The highest BCUT2D eigenvalue weighted by Crippen LogP contribution is 2.43. The van der Waals surface area contributed by atoms with Gasteiger partial charge in [-0.1, -0.05) is 134 Å². The highest BCUT2D eigenvalue weighted by atomic mass is 31.2. The maximum absolute atomic E-state index is 12.7. The molecule has 2 unspecified atom stereocenters. The first-order valence-electron chi connectivity index (χ1n) is 22.9. The second-order valence-electron chi connectivity index (χ2n) is 15.7. The lowest BCUT2D eigenvalue weighted by Crippen LogP contribution is -2.29. The monoisotopic (exact) mass is 852 g/mol. The zero-order valence-corrected chi connectivity index (χ0v) is 38.2. The molecule has 0 bridgehead atoms. The molecule has 0 saturated carbocycles. The molecule has 1 aromatic heterocycles. The maximum atomic E-state index is 12.7. The number of aliphatic hydroxyl groups excluding tert-OH is 1. The third-order valence-corrected chi connectivity index (χ3v) is 11.3. The van der Waals surface area contributed by atoms with E-state index in [9.17, 15) is 24.2 Å². The Bertz CT molecular complexity index is 1360. The Balaban J connectivity index is 2.25. The Labute approximate surface area is 357 Å². The van der Waals surface area contributed by atoms with Crippen molar-refractivity contribution in [1.82, 2.24) is 0 Å². The summed E-state index contributed by atoms with van der Waals surface area (Å²) in [6, 6.07) is 0. The lowest BCUT2D eigenvalue weighted by atomic mass is 10.0. The lowest BCUT2D eigenvalue weighted by molar-refractivity contribution is -0.161. The molecule has 0 fully saturated rings. The molecule has 59 heavy (non-hydrogen) atoms. The molecule has 0 aliphatic rings. The van der Waals surface area contributed by atoms with Crippen LogP contribution in [0.3, 0.4) is 0 Å². The highest BCUT2D eigenvalue weighted by molar-refractivity contribution is 7.47. The summed E-state index contributed by atoms with van der Waals surface area (Å²) >= 11 is 0. The van der Waals surface area contributed by atoms with Gasteiger partial charge in [0.2, 0.25) is 0 Å². The number of furan rings is 1. The van der Waals surface area contributed by atoms with Crippen LogP contribution in [0.2, 0.25) is 0 Å². The molecule has 4 N–H and O–H groups in total. The van der Waals surface area contributed by atoms with Crippen molar-refractivity contribution in [1.29, 1.82) is 0 Å². The van der Waals surface area contributed by atoms with Crippen LogP contribution in [0.5, 0.6) is 0 Å². The smallest absolute Gasteiger partial charge is 0.466 e. The summed E-state index contributed by atoms with van der Waals surface area (Å²) in [6.45, 7) is 7.81. The second kappa shape index (κ2) is 36.2. The molecular weight excluding hydrogens is 769 g/mol. The van der Waals surface area contributed by atoms with Crippen LogP contribution in [0.25, 0.3) is 0 Å². The van der Waals surface area contributed by atoms with Crippen LogP contribution in [0, 0.1) is 13.8 Å². The molecule has 11 nitrogen and oxygen atoms in total. The fourth-order valence-corrected chi connectivity index (χ4v) is 7.38. The molecular formula is C47H82NO10P. The number of phosphoric ester groups is 1. The van der Waals surface area contributed by atoms with E-state index in [1.807, 2.05) is 24.3 Å². The Hall–Kier alpha value is -2.53. The maximum Gasteiger partial charge on any atom is 0.472 e. The Kier molecular flexibility index (Phi) is 33.4. The summed E-state index contributed by atoms with van der Waals surface area (Å²) in [7, 11) is -4.41. The number of rotatable bonds is 39. The molecule has 0 saturated heterocycles. The minimum Gasteiger partial charge on any atom is -0.466 e. The van der Waals surface area contributed by atoms with E-state index in [1.54, 1.807) is 6.08 Å². The van der Waals surface area contributed by atoms with Gasteiger partial charge in [0.25, 0.3) is 0 Å². The van der Waals surface area contributed by atoms with Crippen molar-refractivity contribution < 1.29 is 47.1 Å². The predicted octanol–water partition coefficient (Wildman–Crippen LogP) is 11.6. The zero-order valence-electron chi connectivity index (χ0n) is 37.3. The summed E-state index contributed by atoms with van der Waals surface area (Å²) in [5.41, 5.74) is 8.03. The summed E-state index contributed by atoms with van der Waals surface area (Å²) in [5, 5.41) is 9.87. The number of carbonyl (C=O) groups is 2. The topological polar surface area (TPSA) is 168 Å². The van der Waals surface area contributed by atoms with E-state index in [1.165, 1.54) is 80.4 Å². The summed E-state index contributed by atoms with van der Waals surface area (Å²) in [6.07, 6.45) is 34.6. The van der Waals surface area contributed by atoms with Crippen molar-refractivity contribution in [2.24, 2.45) is 5.73 Å². The normalized spacial score (nSPS) is 14.1. The van der Waals surface area contributed by atoms with Gasteiger partial charge in [0, 0.05) is 32.2 Å². The van der Waals surface area contributed by atoms with Crippen LogP contribution in [0.1, 0.15) is 184 Å². The molecule has 0 aliphatic heterocycles. The first-order valence-corrected chi connectivity index (χ1v) is 24.4. The van der Waals surface area contributed by atoms with Gasteiger partial charge >= 0.3 is 19.8 Å². The van der Waals surface area contributed by atoms with Gasteiger partial charge in [-0.15, -0.1) is 0 Å². The first-order chi connectivity index (χ1) is 28.5. The fraction of sp³-hybridized carbons (Fsp3) is 0.745. The summed E-state index contributed by atoms with van der Waals surface area (Å²) < 4.78 is 39.1. The highest BCUT2D eigenvalue weighted by Gasteiger charge is 2.26. The van der Waals surface area contributed by atoms with E-state index in [0.717, 1.165) is 70.6 Å². The van der Waals surface area contributed by atoms with Crippen LogP contribution in [0.15, 0.2) is 40.9 Å².